The second-order valence-electron chi connectivity index (χ2n) is 4.24. The smallest absolute Gasteiger partial charge is 0.354 e. The van der Waals surface area contributed by atoms with E-state index < -0.39 is 5.97 Å². The van der Waals surface area contributed by atoms with Crippen LogP contribution in [-0.2, 0) is 0 Å². The van der Waals surface area contributed by atoms with Gasteiger partial charge in [-0.15, -0.1) is 0 Å². The molecule has 2 aromatic rings. The monoisotopic (exact) mass is 273 g/mol. The molecule has 0 saturated carbocycles. The summed E-state index contributed by atoms with van der Waals surface area (Å²) in [6.45, 7) is 1.90. The molecule has 0 saturated heterocycles. The van der Waals surface area contributed by atoms with E-state index in [1.54, 1.807) is 20.3 Å². The molecular weight excluding hydrogens is 258 g/mol. The zero-order valence-electron chi connectivity index (χ0n) is 11.5. The average Bonchev–Trinajstić information content (AvgIpc) is 2.47. The Morgan fingerprint density at radius 1 is 1.10 bits per heavy atom. The van der Waals surface area contributed by atoms with Crippen LogP contribution in [-0.4, -0.2) is 30.3 Å². The molecule has 5 heteroatoms. The third-order valence-electron chi connectivity index (χ3n) is 3.06. The SMILES string of the molecule is COc1cc(-c2ccnc(C(=O)O)c2)cc(OC)c1C. The van der Waals surface area contributed by atoms with Crippen LogP contribution in [0.4, 0.5) is 0 Å². The zero-order chi connectivity index (χ0) is 14.7. The standard InChI is InChI=1S/C15H15NO4/c1-9-13(19-2)7-11(8-14(9)20-3)10-4-5-16-12(6-10)15(17)18/h4-8H,1-3H3,(H,17,18). The molecule has 0 fully saturated rings. The van der Waals surface area contributed by atoms with E-state index in [1.165, 1.54) is 12.3 Å². The van der Waals surface area contributed by atoms with Gasteiger partial charge in [0.2, 0.25) is 0 Å². The molecule has 0 atom stereocenters. The van der Waals surface area contributed by atoms with Gasteiger partial charge in [0.15, 0.2) is 0 Å². The normalized spacial score (nSPS) is 10.2. The molecule has 2 rings (SSSR count). The van der Waals surface area contributed by atoms with Crippen molar-refractivity contribution in [1.29, 1.82) is 0 Å². The van der Waals surface area contributed by atoms with Crippen molar-refractivity contribution in [2.45, 2.75) is 6.92 Å². The highest BCUT2D eigenvalue weighted by Gasteiger charge is 2.11. The number of carboxylic acid groups (broad SMARTS) is 1. The number of hydrogen-bond donors (Lipinski definition) is 1. The molecule has 0 radical (unpaired) electrons. The van der Waals surface area contributed by atoms with E-state index >= 15 is 0 Å². The van der Waals surface area contributed by atoms with Gasteiger partial charge in [-0.1, -0.05) is 0 Å². The summed E-state index contributed by atoms with van der Waals surface area (Å²) in [6, 6.07) is 6.96. The third-order valence-corrected chi connectivity index (χ3v) is 3.06. The molecule has 0 aliphatic heterocycles. The molecule has 1 heterocycles. The number of aromatic nitrogens is 1. The number of rotatable bonds is 4. The first kappa shape index (κ1) is 13.9. The van der Waals surface area contributed by atoms with Gasteiger partial charge in [0.05, 0.1) is 14.2 Å². The van der Waals surface area contributed by atoms with E-state index in [0.29, 0.717) is 11.5 Å². The molecule has 1 aromatic heterocycles. The second kappa shape index (κ2) is 5.61. The minimum atomic E-state index is -1.06. The molecule has 0 spiro atoms. The first-order chi connectivity index (χ1) is 9.56. The summed E-state index contributed by atoms with van der Waals surface area (Å²) in [5, 5.41) is 8.99. The van der Waals surface area contributed by atoms with Gasteiger partial charge in [-0.25, -0.2) is 9.78 Å². The lowest BCUT2D eigenvalue weighted by atomic mass is 10.0. The van der Waals surface area contributed by atoms with Crippen LogP contribution in [0.3, 0.4) is 0 Å². The Kier molecular flexibility index (Phi) is 3.89. The van der Waals surface area contributed by atoms with Gasteiger partial charge in [0, 0.05) is 11.8 Å². The fourth-order valence-corrected chi connectivity index (χ4v) is 1.98. The van der Waals surface area contributed by atoms with Gasteiger partial charge in [-0.2, -0.15) is 0 Å². The Morgan fingerprint density at radius 2 is 1.70 bits per heavy atom. The predicted molar refractivity (Wildman–Crippen MR) is 74.5 cm³/mol. The van der Waals surface area contributed by atoms with Crippen LogP contribution in [0.15, 0.2) is 30.5 Å². The first-order valence-electron chi connectivity index (χ1n) is 5.99. The van der Waals surface area contributed by atoms with Crippen molar-refractivity contribution < 1.29 is 19.4 Å². The topological polar surface area (TPSA) is 68.7 Å². The molecule has 5 nitrogen and oxygen atoms in total. The summed E-state index contributed by atoms with van der Waals surface area (Å²) in [5.74, 6) is 0.318. The van der Waals surface area contributed by atoms with E-state index in [9.17, 15) is 4.79 Å². The minimum Gasteiger partial charge on any atom is -0.496 e. The van der Waals surface area contributed by atoms with Gasteiger partial charge < -0.3 is 14.6 Å². The summed E-state index contributed by atoms with van der Waals surface area (Å²) < 4.78 is 10.6. The number of pyridine rings is 1. The number of nitrogens with zero attached hydrogens (tertiary/aromatic N) is 1. The highest BCUT2D eigenvalue weighted by molar-refractivity contribution is 5.87. The summed E-state index contributed by atoms with van der Waals surface area (Å²) >= 11 is 0. The second-order valence-corrected chi connectivity index (χ2v) is 4.24. The lowest BCUT2D eigenvalue weighted by Gasteiger charge is -2.13. The molecule has 0 amide bonds. The molecule has 0 bridgehead atoms. The number of methoxy groups -OCH3 is 2. The fraction of sp³-hybridized carbons (Fsp3) is 0.200. The van der Waals surface area contributed by atoms with E-state index in [4.69, 9.17) is 14.6 Å². The van der Waals surface area contributed by atoms with Crippen molar-refractivity contribution in [3.05, 3.63) is 41.7 Å². The maximum absolute atomic E-state index is 11.0. The number of hydrogen-bond acceptors (Lipinski definition) is 4. The van der Waals surface area contributed by atoms with Gasteiger partial charge in [0.25, 0.3) is 0 Å². The van der Waals surface area contributed by atoms with Crippen LogP contribution in [0.25, 0.3) is 11.1 Å². The Balaban J connectivity index is 2.57. The molecule has 1 aromatic carbocycles. The highest BCUT2D eigenvalue weighted by atomic mass is 16.5. The maximum atomic E-state index is 11.0. The van der Waals surface area contributed by atoms with Crippen LogP contribution >= 0.6 is 0 Å². The summed E-state index contributed by atoms with van der Waals surface area (Å²) in [7, 11) is 3.17. The first-order valence-corrected chi connectivity index (χ1v) is 5.99. The number of benzene rings is 1. The fourth-order valence-electron chi connectivity index (χ4n) is 1.98. The van der Waals surface area contributed by atoms with Crippen molar-refractivity contribution in [3.63, 3.8) is 0 Å². The Labute approximate surface area is 116 Å². The van der Waals surface area contributed by atoms with Gasteiger partial charge in [-0.05, 0) is 42.3 Å². The van der Waals surface area contributed by atoms with E-state index in [0.717, 1.165) is 16.7 Å². The lowest BCUT2D eigenvalue weighted by Crippen LogP contribution is -2.00. The van der Waals surface area contributed by atoms with Crippen molar-refractivity contribution in [3.8, 4) is 22.6 Å². The van der Waals surface area contributed by atoms with Crippen LogP contribution in [0.5, 0.6) is 11.5 Å². The maximum Gasteiger partial charge on any atom is 0.354 e. The molecule has 0 aliphatic carbocycles. The lowest BCUT2D eigenvalue weighted by molar-refractivity contribution is 0.0690. The number of aromatic carboxylic acids is 1. The highest BCUT2D eigenvalue weighted by Crippen LogP contribution is 2.34. The summed E-state index contributed by atoms with van der Waals surface area (Å²) in [4.78, 5) is 14.8. The average molecular weight is 273 g/mol. The Morgan fingerprint density at radius 3 is 2.20 bits per heavy atom. The largest absolute Gasteiger partial charge is 0.496 e. The quantitative estimate of drug-likeness (QED) is 0.927. The zero-order valence-corrected chi connectivity index (χ0v) is 11.5. The number of carbonyl (C=O) groups is 1. The third kappa shape index (κ3) is 2.56. The Bertz CT molecular complexity index is 627. The van der Waals surface area contributed by atoms with Crippen LogP contribution in [0.1, 0.15) is 16.1 Å². The number of ether oxygens (including phenoxy) is 2. The predicted octanol–water partition coefficient (Wildman–Crippen LogP) is 2.77. The minimum absolute atomic E-state index is 0.000934. The van der Waals surface area contributed by atoms with E-state index in [1.807, 2.05) is 19.1 Å². The molecule has 0 unspecified atom stereocenters. The Hall–Kier alpha value is -2.56. The van der Waals surface area contributed by atoms with Crippen molar-refractivity contribution in [2.75, 3.05) is 14.2 Å². The molecular formula is C15H15NO4. The molecule has 1 N–H and O–H groups in total. The van der Waals surface area contributed by atoms with Gasteiger partial charge in [-0.3, -0.25) is 0 Å². The van der Waals surface area contributed by atoms with Gasteiger partial charge >= 0.3 is 5.97 Å². The molecule has 104 valence electrons. The van der Waals surface area contributed by atoms with Crippen LogP contribution in [0, 0.1) is 6.92 Å². The van der Waals surface area contributed by atoms with Crippen molar-refractivity contribution in [2.24, 2.45) is 0 Å². The van der Waals surface area contributed by atoms with Crippen molar-refractivity contribution >= 4 is 5.97 Å². The van der Waals surface area contributed by atoms with E-state index in [2.05, 4.69) is 4.98 Å². The summed E-state index contributed by atoms with van der Waals surface area (Å²) in [5.41, 5.74) is 2.45. The number of carboxylic acids is 1. The summed E-state index contributed by atoms with van der Waals surface area (Å²) in [6.07, 6.45) is 1.47. The molecule has 0 aliphatic rings. The van der Waals surface area contributed by atoms with Crippen molar-refractivity contribution in [1.82, 2.24) is 4.98 Å². The van der Waals surface area contributed by atoms with Gasteiger partial charge in [0.1, 0.15) is 17.2 Å². The van der Waals surface area contributed by atoms with Crippen LogP contribution in [0.2, 0.25) is 0 Å². The van der Waals surface area contributed by atoms with Crippen LogP contribution < -0.4 is 9.47 Å². The molecule has 20 heavy (non-hydrogen) atoms. The van der Waals surface area contributed by atoms with E-state index in [-0.39, 0.29) is 5.69 Å².